The van der Waals surface area contributed by atoms with Crippen molar-refractivity contribution in [3.8, 4) is 5.95 Å². The third-order valence-electron chi connectivity index (χ3n) is 4.15. The van der Waals surface area contributed by atoms with Crippen LogP contribution in [0.4, 0.5) is 17.6 Å². The lowest BCUT2D eigenvalue weighted by Crippen LogP contribution is -2.11. The SMILES string of the molecule is Cc1cc(C)n(-c2nc(NN=Cc3cccc(Br)c3)nc(Nc3ccc(Br)cc3)n2)n1. The zero-order chi connectivity index (χ0) is 21.8. The number of benzene rings is 2. The van der Waals surface area contributed by atoms with Crippen molar-refractivity contribution in [1.82, 2.24) is 24.7 Å². The van der Waals surface area contributed by atoms with Gasteiger partial charge in [0.2, 0.25) is 11.9 Å². The highest BCUT2D eigenvalue weighted by Crippen LogP contribution is 2.19. The van der Waals surface area contributed by atoms with Gasteiger partial charge in [-0.05, 0) is 61.9 Å². The average molecular weight is 542 g/mol. The number of hydrogen-bond acceptors (Lipinski definition) is 7. The first-order chi connectivity index (χ1) is 15.0. The molecule has 0 bridgehead atoms. The number of rotatable bonds is 6. The highest BCUT2D eigenvalue weighted by Gasteiger charge is 2.12. The summed E-state index contributed by atoms with van der Waals surface area (Å²) in [6.07, 6.45) is 1.69. The van der Waals surface area contributed by atoms with Crippen molar-refractivity contribution in [2.24, 2.45) is 5.10 Å². The topological polar surface area (TPSA) is 92.9 Å². The fraction of sp³-hybridized carbons (Fsp3) is 0.0952. The quantitative estimate of drug-likeness (QED) is 0.251. The van der Waals surface area contributed by atoms with E-state index in [1.165, 1.54) is 0 Å². The molecule has 0 aliphatic carbocycles. The van der Waals surface area contributed by atoms with Crippen molar-refractivity contribution in [2.45, 2.75) is 13.8 Å². The maximum Gasteiger partial charge on any atom is 0.257 e. The van der Waals surface area contributed by atoms with Crippen LogP contribution >= 0.6 is 31.9 Å². The Morgan fingerprint density at radius 2 is 1.68 bits per heavy atom. The number of nitrogens with zero attached hydrogens (tertiary/aromatic N) is 6. The lowest BCUT2D eigenvalue weighted by Gasteiger charge is -2.09. The molecule has 0 unspecified atom stereocenters. The first-order valence-electron chi connectivity index (χ1n) is 9.33. The highest BCUT2D eigenvalue weighted by molar-refractivity contribution is 9.10. The number of hydrazone groups is 1. The van der Waals surface area contributed by atoms with Crippen molar-refractivity contribution < 1.29 is 0 Å². The van der Waals surface area contributed by atoms with Crippen molar-refractivity contribution >= 4 is 55.7 Å². The van der Waals surface area contributed by atoms with E-state index >= 15 is 0 Å². The lowest BCUT2D eigenvalue weighted by atomic mass is 10.2. The summed E-state index contributed by atoms with van der Waals surface area (Å²) < 4.78 is 3.64. The summed E-state index contributed by atoms with van der Waals surface area (Å²) in [5.74, 6) is 1.06. The summed E-state index contributed by atoms with van der Waals surface area (Å²) in [5, 5.41) is 11.9. The van der Waals surface area contributed by atoms with E-state index in [9.17, 15) is 0 Å². The molecule has 0 fully saturated rings. The fourth-order valence-electron chi connectivity index (χ4n) is 2.81. The van der Waals surface area contributed by atoms with E-state index in [0.29, 0.717) is 17.8 Å². The van der Waals surface area contributed by atoms with Gasteiger partial charge >= 0.3 is 0 Å². The normalized spacial score (nSPS) is 11.1. The molecule has 4 rings (SSSR count). The van der Waals surface area contributed by atoms with E-state index in [1.54, 1.807) is 10.9 Å². The van der Waals surface area contributed by atoms with Crippen molar-refractivity contribution in [1.29, 1.82) is 0 Å². The van der Waals surface area contributed by atoms with Gasteiger partial charge in [-0.15, -0.1) is 0 Å². The first kappa shape index (κ1) is 21.1. The predicted molar refractivity (Wildman–Crippen MR) is 129 cm³/mol. The zero-order valence-electron chi connectivity index (χ0n) is 16.7. The molecule has 0 saturated carbocycles. The zero-order valence-corrected chi connectivity index (χ0v) is 19.9. The van der Waals surface area contributed by atoms with Gasteiger partial charge in [0.15, 0.2) is 0 Å². The Morgan fingerprint density at radius 3 is 2.39 bits per heavy atom. The van der Waals surface area contributed by atoms with E-state index < -0.39 is 0 Å². The van der Waals surface area contributed by atoms with Crippen molar-refractivity contribution in [3.05, 3.63) is 80.5 Å². The third-order valence-corrected chi connectivity index (χ3v) is 5.17. The number of nitrogens with one attached hydrogen (secondary N) is 2. The maximum absolute atomic E-state index is 4.53. The molecule has 8 nitrogen and oxygen atoms in total. The van der Waals surface area contributed by atoms with Crippen molar-refractivity contribution in [2.75, 3.05) is 10.7 Å². The molecular weight excluding hydrogens is 524 g/mol. The van der Waals surface area contributed by atoms with E-state index in [0.717, 1.165) is 31.6 Å². The van der Waals surface area contributed by atoms with Crippen LogP contribution in [0.25, 0.3) is 5.95 Å². The second-order valence-corrected chi connectivity index (χ2v) is 8.51. The molecule has 0 atom stereocenters. The number of halogens is 2. The van der Waals surface area contributed by atoms with Crippen LogP contribution in [0.5, 0.6) is 0 Å². The standard InChI is InChI=1S/C21H18Br2N8/c1-13-10-14(2)31(30-13)21-27-19(25-18-8-6-16(22)7-9-18)26-20(28-21)29-24-12-15-4-3-5-17(23)11-15/h3-12H,1-2H3,(H2,25,26,27,28,29). The van der Waals surface area contributed by atoms with Gasteiger partial charge in [-0.2, -0.15) is 25.2 Å². The minimum absolute atomic E-state index is 0.295. The van der Waals surface area contributed by atoms with Crippen LogP contribution < -0.4 is 10.7 Å². The van der Waals surface area contributed by atoms with Crippen LogP contribution in [0.2, 0.25) is 0 Å². The monoisotopic (exact) mass is 540 g/mol. The number of aromatic nitrogens is 5. The highest BCUT2D eigenvalue weighted by atomic mass is 79.9. The number of anilines is 3. The maximum atomic E-state index is 4.53. The second-order valence-electron chi connectivity index (χ2n) is 6.68. The van der Waals surface area contributed by atoms with E-state index in [1.807, 2.05) is 68.4 Å². The Kier molecular flexibility index (Phi) is 6.38. The molecule has 0 radical (unpaired) electrons. The predicted octanol–water partition coefficient (Wildman–Crippen LogP) is 5.39. The van der Waals surface area contributed by atoms with Crippen LogP contribution in [0.15, 0.2) is 68.6 Å². The average Bonchev–Trinajstić information content (AvgIpc) is 3.08. The Balaban J connectivity index is 1.65. The Morgan fingerprint density at radius 1 is 0.903 bits per heavy atom. The number of hydrogen-bond donors (Lipinski definition) is 2. The number of aryl methyl sites for hydroxylation is 2. The Hall–Kier alpha value is -3.11. The molecule has 156 valence electrons. The van der Waals surface area contributed by atoms with E-state index in [-0.39, 0.29) is 0 Å². The van der Waals surface area contributed by atoms with Crippen LogP contribution in [-0.2, 0) is 0 Å². The van der Waals surface area contributed by atoms with E-state index in [2.05, 4.69) is 67.8 Å². The largest absolute Gasteiger partial charge is 0.324 e. The summed E-state index contributed by atoms with van der Waals surface area (Å²) in [6.45, 7) is 3.87. The molecule has 0 aliphatic rings. The third kappa shape index (κ3) is 5.53. The van der Waals surface area contributed by atoms with Crippen LogP contribution in [0, 0.1) is 13.8 Å². The van der Waals surface area contributed by atoms with Gasteiger partial charge in [-0.3, -0.25) is 0 Å². The Labute approximate surface area is 196 Å². The smallest absolute Gasteiger partial charge is 0.257 e. The molecule has 2 N–H and O–H groups in total. The van der Waals surface area contributed by atoms with Gasteiger partial charge in [0.05, 0.1) is 11.9 Å². The lowest BCUT2D eigenvalue weighted by molar-refractivity contribution is 0.767. The molecule has 0 saturated heterocycles. The summed E-state index contributed by atoms with van der Waals surface area (Å²) in [4.78, 5) is 13.5. The minimum atomic E-state index is 0.295. The van der Waals surface area contributed by atoms with Gasteiger partial charge in [0, 0.05) is 20.3 Å². The molecule has 31 heavy (non-hydrogen) atoms. The molecule has 2 heterocycles. The summed E-state index contributed by atoms with van der Waals surface area (Å²) in [7, 11) is 0. The van der Waals surface area contributed by atoms with Gasteiger partial charge in [-0.25, -0.2) is 10.1 Å². The first-order valence-corrected chi connectivity index (χ1v) is 10.9. The minimum Gasteiger partial charge on any atom is -0.324 e. The van der Waals surface area contributed by atoms with Crippen LogP contribution in [-0.4, -0.2) is 30.9 Å². The summed E-state index contributed by atoms with van der Waals surface area (Å²) in [5.41, 5.74) is 6.46. The second kappa shape index (κ2) is 9.36. The molecule has 0 spiro atoms. The van der Waals surface area contributed by atoms with Crippen LogP contribution in [0.3, 0.4) is 0 Å². The van der Waals surface area contributed by atoms with Gasteiger partial charge < -0.3 is 5.32 Å². The molecule has 4 aromatic rings. The van der Waals surface area contributed by atoms with E-state index in [4.69, 9.17) is 0 Å². The van der Waals surface area contributed by atoms with Gasteiger partial charge in [0.1, 0.15) is 0 Å². The molecule has 10 heteroatoms. The van der Waals surface area contributed by atoms with Crippen molar-refractivity contribution in [3.63, 3.8) is 0 Å². The molecule has 0 amide bonds. The summed E-state index contributed by atoms with van der Waals surface area (Å²) >= 11 is 6.89. The summed E-state index contributed by atoms with van der Waals surface area (Å²) in [6, 6.07) is 17.5. The molecule has 2 aromatic carbocycles. The molecular formula is C21H18Br2N8. The van der Waals surface area contributed by atoms with Gasteiger partial charge in [-0.1, -0.05) is 44.0 Å². The Bertz CT molecular complexity index is 1230. The van der Waals surface area contributed by atoms with Crippen LogP contribution in [0.1, 0.15) is 17.0 Å². The fourth-order valence-corrected chi connectivity index (χ4v) is 3.49. The molecule has 2 aromatic heterocycles. The molecule has 0 aliphatic heterocycles. The van der Waals surface area contributed by atoms with Gasteiger partial charge in [0.25, 0.3) is 5.95 Å².